The summed E-state index contributed by atoms with van der Waals surface area (Å²) < 4.78 is 14.0. The summed E-state index contributed by atoms with van der Waals surface area (Å²) in [5.74, 6) is -0.536. The molecule has 0 atom stereocenters. The van der Waals surface area contributed by atoms with E-state index in [9.17, 15) is 4.79 Å². The van der Waals surface area contributed by atoms with Crippen LogP contribution in [0.5, 0.6) is 0 Å². The first-order valence-corrected chi connectivity index (χ1v) is 3.46. The van der Waals surface area contributed by atoms with Gasteiger partial charge in [0.2, 0.25) is 0 Å². The van der Waals surface area contributed by atoms with Crippen molar-refractivity contribution in [3.8, 4) is 0 Å². The van der Waals surface area contributed by atoms with Crippen molar-refractivity contribution in [3.05, 3.63) is 0 Å². The minimum atomic E-state index is -1.20. The molecule has 0 aliphatic heterocycles. The van der Waals surface area contributed by atoms with Crippen LogP contribution in [0.15, 0.2) is 0 Å². The van der Waals surface area contributed by atoms with Crippen molar-refractivity contribution in [3.63, 3.8) is 0 Å². The van der Waals surface area contributed by atoms with Gasteiger partial charge in [-0.05, 0) is 0 Å². The van der Waals surface area contributed by atoms with Crippen molar-refractivity contribution in [2.24, 2.45) is 5.73 Å². The second kappa shape index (κ2) is 7.08. The maximum atomic E-state index is 11.1. The number of carbonyl (C=O) groups is 1. The quantitative estimate of drug-likeness (QED) is 0.628. The molecule has 0 aromatic carbocycles. The monoisotopic (exact) mass is 213 g/mol. The predicted octanol–water partition coefficient (Wildman–Crippen LogP) is -0.429. The summed E-state index contributed by atoms with van der Waals surface area (Å²) in [6.45, 7) is 0.154. The third kappa shape index (κ3) is 4.42. The SMILES string of the molecule is COCC(N)(COC)C(=O)OC.Cl. The number of hydrogen-bond donors (Lipinski definition) is 1. The molecular formula is C7H16ClNO4. The van der Waals surface area contributed by atoms with Crippen LogP contribution in [0.2, 0.25) is 0 Å². The molecule has 0 rings (SSSR count). The van der Waals surface area contributed by atoms with Crippen molar-refractivity contribution in [1.82, 2.24) is 0 Å². The average Bonchev–Trinajstić information content (AvgIpc) is 2.04. The van der Waals surface area contributed by atoms with Crippen LogP contribution in [0.1, 0.15) is 0 Å². The Kier molecular flexibility index (Phi) is 8.24. The van der Waals surface area contributed by atoms with Crippen molar-refractivity contribution in [2.75, 3.05) is 34.5 Å². The van der Waals surface area contributed by atoms with Gasteiger partial charge in [-0.3, -0.25) is 0 Å². The largest absolute Gasteiger partial charge is 0.468 e. The van der Waals surface area contributed by atoms with Crippen LogP contribution in [0.3, 0.4) is 0 Å². The number of ether oxygens (including phenoxy) is 3. The Morgan fingerprint density at radius 2 is 1.62 bits per heavy atom. The molecule has 80 valence electrons. The average molecular weight is 214 g/mol. The van der Waals surface area contributed by atoms with E-state index in [2.05, 4.69) is 4.74 Å². The minimum Gasteiger partial charge on any atom is -0.468 e. The molecule has 0 saturated carbocycles. The van der Waals surface area contributed by atoms with E-state index >= 15 is 0 Å². The highest BCUT2D eigenvalue weighted by molar-refractivity contribution is 5.85. The maximum absolute atomic E-state index is 11.1. The first-order chi connectivity index (χ1) is 5.60. The Morgan fingerprint density at radius 1 is 1.23 bits per heavy atom. The molecule has 6 heteroatoms. The van der Waals surface area contributed by atoms with Gasteiger partial charge in [-0.25, -0.2) is 4.79 Å². The molecule has 0 aromatic rings. The third-order valence-electron chi connectivity index (χ3n) is 1.40. The van der Waals surface area contributed by atoms with E-state index in [1.54, 1.807) is 0 Å². The highest BCUT2D eigenvalue weighted by Crippen LogP contribution is 2.04. The van der Waals surface area contributed by atoms with Gasteiger partial charge < -0.3 is 19.9 Å². The van der Waals surface area contributed by atoms with Crippen LogP contribution in [-0.2, 0) is 19.0 Å². The molecule has 0 heterocycles. The lowest BCUT2D eigenvalue weighted by Gasteiger charge is -2.24. The standard InChI is InChI=1S/C7H15NO4.ClH/c1-10-4-7(8,5-11-2)6(9)12-3;/h4-5,8H2,1-3H3;1H. The van der Waals surface area contributed by atoms with E-state index in [1.165, 1.54) is 21.3 Å². The molecule has 0 bridgehead atoms. The van der Waals surface area contributed by atoms with E-state index in [-0.39, 0.29) is 25.6 Å². The van der Waals surface area contributed by atoms with Crippen LogP contribution in [0.4, 0.5) is 0 Å². The van der Waals surface area contributed by atoms with Crippen LogP contribution >= 0.6 is 12.4 Å². The van der Waals surface area contributed by atoms with Gasteiger partial charge in [0, 0.05) is 14.2 Å². The summed E-state index contributed by atoms with van der Waals surface area (Å²) in [6, 6.07) is 0. The molecule has 0 spiro atoms. The number of esters is 1. The van der Waals surface area contributed by atoms with Gasteiger partial charge >= 0.3 is 5.97 Å². The van der Waals surface area contributed by atoms with Gasteiger partial charge in [-0.1, -0.05) is 0 Å². The van der Waals surface area contributed by atoms with Crippen LogP contribution in [0.25, 0.3) is 0 Å². The smallest absolute Gasteiger partial charge is 0.330 e. The zero-order chi connectivity index (χ0) is 9.61. The molecule has 0 aliphatic carbocycles. The Hall–Kier alpha value is -0.360. The highest BCUT2D eigenvalue weighted by Gasteiger charge is 2.35. The van der Waals surface area contributed by atoms with Crippen LogP contribution in [0, 0.1) is 0 Å². The number of methoxy groups -OCH3 is 3. The molecule has 5 nitrogen and oxygen atoms in total. The van der Waals surface area contributed by atoms with Crippen LogP contribution in [-0.4, -0.2) is 46.1 Å². The van der Waals surface area contributed by atoms with Gasteiger partial charge in [0.1, 0.15) is 0 Å². The van der Waals surface area contributed by atoms with Gasteiger partial charge in [0.05, 0.1) is 20.3 Å². The Balaban J connectivity index is 0. The highest BCUT2D eigenvalue weighted by atomic mass is 35.5. The van der Waals surface area contributed by atoms with Crippen molar-refractivity contribution >= 4 is 18.4 Å². The molecule has 0 fully saturated rings. The van der Waals surface area contributed by atoms with Gasteiger partial charge in [-0.2, -0.15) is 0 Å². The summed E-state index contributed by atoms with van der Waals surface area (Å²) in [5, 5.41) is 0. The number of hydrogen-bond acceptors (Lipinski definition) is 5. The molecule has 0 unspecified atom stereocenters. The number of rotatable bonds is 5. The summed E-state index contributed by atoms with van der Waals surface area (Å²) >= 11 is 0. The summed E-state index contributed by atoms with van der Waals surface area (Å²) in [7, 11) is 4.19. The molecule has 0 amide bonds. The number of carbonyl (C=O) groups excluding carboxylic acids is 1. The fraction of sp³-hybridized carbons (Fsp3) is 0.857. The van der Waals surface area contributed by atoms with Gasteiger partial charge in [-0.15, -0.1) is 12.4 Å². The van der Waals surface area contributed by atoms with Crippen LogP contribution < -0.4 is 5.73 Å². The van der Waals surface area contributed by atoms with E-state index in [4.69, 9.17) is 15.2 Å². The maximum Gasteiger partial charge on any atom is 0.330 e. The summed E-state index contributed by atoms with van der Waals surface area (Å²) in [5.41, 5.74) is 4.45. The normalized spacial score (nSPS) is 10.5. The van der Waals surface area contributed by atoms with E-state index in [0.717, 1.165) is 0 Å². The molecule has 0 radical (unpaired) electrons. The third-order valence-corrected chi connectivity index (χ3v) is 1.40. The van der Waals surface area contributed by atoms with E-state index in [0.29, 0.717) is 0 Å². The first-order valence-electron chi connectivity index (χ1n) is 3.46. The molecule has 0 aliphatic rings. The molecule has 0 saturated heterocycles. The zero-order valence-electron chi connectivity index (χ0n) is 8.03. The lowest BCUT2D eigenvalue weighted by molar-refractivity contribution is -0.151. The fourth-order valence-electron chi connectivity index (χ4n) is 0.878. The minimum absolute atomic E-state index is 0. The predicted molar refractivity (Wildman–Crippen MR) is 49.9 cm³/mol. The second-order valence-electron chi connectivity index (χ2n) is 2.51. The molecule has 13 heavy (non-hydrogen) atoms. The summed E-state index contributed by atoms with van der Waals surface area (Å²) in [6.07, 6.45) is 0. The summed E-state index contributed by atoms with van der Waals surface area (Å²) in [4.78, 5) is 11.1. The van der Waals surface area contributed by atoms with Gasteiger partial charge in [0.15, 0.2) is 5.54 Å². The van der Waals surface area contributed by atoms with Crippen molar-refractivity contribution < 1.29 is 19.0 Å². The Morgan fingerprint density at radius 3 is 1.85 bits per heavy atom. The number of nitrogens with two attached hydrogens (primary N) is 1. The van der Waals surface area contributed by atoms with E-state index in [1.807, 2.05) is 0 Å². The Labute approximate surface area is 83.9 Å². The fourth-order valence-corrected chi connectivity index (χ4v) is 0.878. The van der Waals surface area contributed by atoms with Gasteiger partial charge in [0.25, 0.3) is 0 Å². The molecule has 2 N–H and O–H groups in total. The molecule has 0 aromatic heterocycles. The number of halogens is 1. The van der Waals surface area contributed by atoms with Crippen molar-refractivity contribution in [1.29, 1.82) is 0 Å². The topological polar surface area (TPSA) is 70.8 Å². The lowest BCUT2D eigenvalue weighted by atomic mass is 10.0. The Bertz CT molecular complexity index is 147. The first kappa shape index (κ1) is 15.1. The molecular weight excluding hydrogens is 198 g/mol. The van der Waals surface area contributed by atoms with E-state index < -0.39 is 11.5 Å². The van der Waals surface area contributed by atoms with Crippen molar-refractivity contribution in [2.45, 2.75) is 5.54 Å². The lowest BCUT2D eigenvalue weighted by Crippen LogP contribution is -2.56. The second-order valence-corrected chi connectivity index (χ2v) is 2.51. The zero-order valence-corrected chi connectivity index (χ0v) is 8.85.